The molecule has 11 aromatic carbocycles. The molecule has 0 unspecified atom stereocenters. The Morgan fingerprint density at radius 1 is 0.286 bits per heavy atom. The van der Waals surface area contributed by atoms with Crippen LogP contribution in [0.2, 0.25) is 0 Å². The maximum Gasteiger partial charge on any atom is 0.179 e. The monoisotopic (exact) mass is 900 g/mol. The highest BCUT2D eigenvalue weighted by atomic mass is 16.4. The molecule has 0 N–H and O–H groups in total. The average Bonchev–Trinajstić information content (AvgIpc) is 3.93. The second kappa shape index (κ2) is 16.4. The maximum absolute atomic E-state index is 7.21. The summed E-state index contributed by atoms with van der Waals surface area (Å²) in [6.07, 6.45) is 0. The number of nitrogens with zero attached hydrogens (tertiary/aromatic N) is 2. The molecule has 0 atom stereocenters. The summed E-state index contributed by atoms with van der Waals surface area (Å²) in [4.78, 5) is 4.69. The molecule has 0 bridgehead atoms. The van der Waals surface area contributed by atoms with Gasteiger partial charge in [-0.1, -0.05) is 121 Å². The number of hydrogen-bond donors (Lipinski definition) is 0. The summed E-state index contributed by atoms with van der Waals surface area (Å²) in [5.74, 6) is 0. The van der Waals surface area contributed by atoms with E-state index in [1.807, 2.05) is 0 Å². The van der Waals surface area contributed by atoms with Crippen molar-refractivity contribution >= 4 is 99.5 Å². The minimum absolute atomic E-state index is 0.742. The third kappa shape index (κ3) is 6.99. The number of benzene rings is 11. The lowest BCUT2D eigenvalue weighted by molar-refractivity contribution is 0.634. The second-order valence-electron chi connectivity index (χ2n) is 18.9. The maximum atomic E-state index is 7.21. The summed E-state index contributed by atoms with van der Waals surface area (Å²) in [7, 11) is 0. The first kappa shape index (κ1) is 41.3. The number of furan rings is 2. The van der Waals surface area contributed by atoms with E-state index in [1.165, 1.54) is 22.3 Å². The highest BCUT2D eigenvalue weighted by Crippen LogP contribution is 2.52. The molecule has 334 valence electrons. The van der Waals surface area contributed by atoms with E-state index in [0.29, 0.717) is 0 Å². The predicted octanol–water partition coefficient (Wildman–Crippen LogP) is 19.3. The Kier molecular flexibility index (Phi) is 9.70. The zero-order valence-electron chi connectivity index (χ0n) is 39.5. The third-order valence-electron chi connectivity index (χ3n) is 13.8. The van der Waals surface area contributed by atoms with Crippen molar-refractivity contribution in [3.8, 4) is 22.3 Å². The first-order valence-electron chi connectivity index (χ1n) is 24.1. The van der Waals surface area contributed by atoms with Crippen molar-refractivity contribution in [1.82, 2.24) is 0 Å². The summed E-state index contributed by atoms with van der Waals surface area (Å²) in [5, 5.41) is 8.61. The largest absolute Gasteiger partial charge is 0.452 e. The summed E-state index contributed by atoms with van der Waals surface area (Å²) in [6, 6.07) is 78.9. The Morgan fingerprint density at radius 3 is 1.01 bits per heavy atom. The summed E-state index contributed by atoms with van der Waals surface area (Å²) in [5.41, 5.74) is 19.1. The number of aryl methyl sites for hydroxylation is 4. The molecule has 0 amide bonds. The highest BCUT2D eigenvalue weighted by molar-refractivity contribution is 6.31. The summed E-state index contributed by atoms with van der Waals surface area (Å²) in [6.45, 7) is 8.65. The van der Waals surface area contributed by atoms with Crippen molar-refractivity contribution in [2.75, 3.05) is 9.80 Å². The van der Waals surface area contributed by atoms with Crippen molar-refractivity contribution in [3.05, 3.63) is 241 Å². The van der Waals surface area contributed by atoms with Crippen LogP contribution in [0.1, 0.15) is 22.3 Å². The molecular weight excluding hydrogens is 853 g/mol. The normalized spacial score (nSPS) is 11.7. The van der Waals surface area contributed by atoms with Gasteiger partial charge in [0.1, 0.15) is 11.2 Å². The van der Waals surface area contributed by atoms with Crippen LogP contribution >= 0.6 is 0 Å². The topological polar surface area (TPSA) is 32.8 Å². The van der Waals surface area contributed by atoms with Crippen LogP contribution in [0.15, 0.2) is 227 Å². The fourth-order valence-corrected chi connectivity index (χ4v) is 11.0. The minimum Gasteiger partial charge on any atom is -0.452 e. The van der Waals surface area contributed by atoms with Crippen molar-refractivity contribution in [1.29, 1.82) is 0 Å². The van der Waals surface area contributed by atoms with Crippen LogP contribution in [-0.4, -0.2) is 0 Å². The standard InChI is InChI=1S/C66H48N2O2/c1-41-29-42(2)32-55(31-41)67(51-21-13-7-14-22-51)53-27-25-47-37-57-59(39-49(47)35-53)69-65-63(57)61(45-17-9-5-10-18-45)62(46-19-11-6-12-20-46)64-58-38-48-26-28-54(36-50(48)40-60(58)70-66(64)65)68(52-23-15-8-16-24-52)56-33-43(3)30-44(4)34-56/h5-40H,1-4H3. The molecule has 0 fully saturated rings. The quantitative estimate of drug-likeness (QED) is 0.152. The third-order valence-corrected chi connectivity index (χ3v) is 13.8. The van der Waals surface area contributed by atoms with E-state index in [2.05, 4.69) is 256 Å². The van der Waals surface area contributed by atoms with Gasteiger partial charge in [-0.15, -0.1) is 0 Å². The molecule has 0 saturated heterocycles. The average molecular weight is 901 g/mol. The number of anilines is 6. The zero-order chi connectivity index (χ0) is 47.0. The Bertz CT molecular complexity index is 3840. The van der Waals surface area contributed by atoms with Gasteiger partial charge in [0, 0.05) is 66.8 Å². The molecule has 0 aliphatic carbocycles. The molecule has 13 aromatic rings. The van der Waals surface area contributed by atoms with E-state index < -0.39 is 0 Å². The van der Waals surface area contributed by atoms with Crippen LogP contribution < -0.4 is 9.80 Å². The molecule has 0 saturated carbocycles. The lowest BCUT2D eigenvalue weighted by Gasteiger charge is -2.26. The molecule has 4 nitrogen and oxygen atoms in total. The van der Waals surface area contributed by atoms with Gasteiger partial charge < -0.3 is 18.6 Å². The van der Waals surface area contributed by atoms with Crippen molar-refractivity contribution in [2.45, 2.75) is 27.7 Å². The number of hydrogen-bond acceptors (Lipinski definition) is 4. The summed E-state index contributed by atoms with van der Waals surface area (Å²) < 4.78 is 14.4. The molecule has 2 aromatic heterocycles. The Hall–Kier alpha value is -8.86. The second-order valence-corrected chi connectivity index (χ2v) is 18.9. The Balaban J connectivity index is 1.07. The fraction of sp³-hybridized carbons (Fsp3) is 0.0606. The van der Waals surface area contributed by atoms with Crippen LogP contribution in [0.3, 0.4) is 0 Å². The van der Waals surface area contributed by atoms with Crippen molar-refractivity contribution in [2.24, 2.45) is 0 Å². The van der Waals surface area contributed by atoms with E-state index in [1.54, 1.807) is 0 Å². The minimum atomic E-state index is 0.742. The number of rotatable bonds is 8. The molecule has 13 rings (SSSR count). The SMILES string of the molecule is Cc1cc(C)cc(N(c2ccccc2)c2ccc3cc4c(cc3c2)oc2c3oc5cc6cc(N(c7ccccc7)c7cc(C)cc(C)c7)ccc6cc5c3c(-c3ccccc3)c(-c3ccccc3)c42)c1. The van der Waals surface area contributed by atoms with E-state index in [0.717, 1.165) is 122 Å². The Morgan fingerprint density at radius 2 is 0.643 bits per heavy atom. The molecule has 4 heteroatoms. The molecular formula is C66H48N2O2. The van der Waals surface area contributed by atoms with Crippen LogP contribution in [0.5, 0.6) is 0 Å². The first-order valence-corrected chi connectivity index (χ1v) is 24.1. The highest BCUT2D eigenvalue weighted by Gasteiger charge is 2.27. The van der Waals surface area contributed by atoms with Crippen LogP contribution in [0.4, 0.5) is 34.1 Å². The van der Waals surface area contributed by atoms with Gasteiger partial charge in [-0.2, -0.15) is 0 Å². The van der Waals surface area contributed by atoms with Gasteiger partial charge >= 0.3 is 0 Å². The molecule has 0 aliphatic rings. The van der Waals surface area contributed by atoms with E-state index in [9.17, 15) is 0 Å². The van der Waals surface area contributed by atoms with Crippen LogP contribution in [0, 0.1) is 27.7 Å². The van der Waals surface area contributed by atoms with Crippen LogP contribution in [0.25, 0.3) is 87.7 Å². The Labute approximate surface area is 406 Å². The lowest BCUT2D eigenvalue weighted by Crippen LogP contribution is -2.10. The van der Waals surface area contributed by atoms with Gasteiger partial charge in [0.15, 0.2) is 11.2 Å². The predicted molar refractivity (Wildman–Crippen MR) is 295 cm³/mol. The van der Waals surface area contributed by atoms with Gasteiger partial charge in [-0.05, 0) is 180 Å². The molecule has 70 heavy (non-hydrogen) atoms. The molecule has 0 aliphatic heterocycles. The number of fused-ring (bicyclic) bond motifs is 9. The first-order chi connectivity index (χ1) is 34.3. The number of para-hydroxylation sites is 2. The van der Waals surface area contributed by atoms with Gasteiger partial charge in [0.2, 0.25) is 0 Å². The fourth-order valence-electron chi connectivity index (χ4n) is 11.0. The van der Waals surface area contributed by atoms with E-state index in [-0.39, 0.29) is 0 Å². The van der Waals surface area contributed by atoms with Gasteiger partial charge in [0.05, 0.1) is 0 Å². The lowest BCUT2D eigenvalue weighted by atomic mass is 9.87. The molecule has 2 heterocycles. The molecule has 0 radical (unpaired) electrons. The van der Waals surface area contributed by atoms with Crippen molar-refractivity contribution in [3.63, 3.8) is 0 Å². The summed E-state index contributed by atoms with van der Waals surface area (Å²) >= 11 is 0. The van der Waals surface area contributed by atoms with E-state index >= 15 is 0 Å². The smallest absolute Gasteiger partial charge is 0.179 e. The van der Waals surface area contributed by atoms with Gasteiger partial charge in [-0.25, -0.2) is 0 Å². The van der Waals surface area contributed by atoms with Crippen LogP contribution in [-0.2, 0) is 0 Å². The zero-order valence-corrected chi connectivity index (χ0v) is 39.5. The van der Waals surface area contributed by atoms with E-state index in [4.69, 9.17) is 8.83 Å². The molecule has 0 spiro atoms. The van der Waals surface area contributed by atoms with Gasteiger partial charge in [-0.3, -0.25) is 0 Å². The van der Waals surface area contributed by atoms with Gasteiger partial charge in [0.25, 0.3) is 0 Å². The van der Waals surface area contributed by atoms with Crippen molar-refractivity contribution < 1.29 is 8.83 Å².